The number of esters is 1. The lowest BCUT2D eigenvalue weighted by atomic mass is 9.97. The van der Waals surface area contributed by atoms with Crippen LogP contribution in [0.15, 0.2) is 11.2 Å². The molecule has 0 aliphatic carbocycles. The summed E-state index contributed by atoms with van der Waals surface area (Å²) in [4.78, 5) is 25.8. The van der Waals surface area contributed by atoms with Crippen LogP contribution in [0.25, 0.3) is 10.4 Å². The number of carbonyl (C=O) groups excluding carboxylic acids is 1. The Morgan fingerprint density at radius 2 is 1.96 bits per heavy atom. The summed E-state index contributed by atoms with van der Waals surface area (Å²) in [6, 6.07) is 1.52. The average Bonchev–Trinajstić information content (AvgIpc) is 2.43. The van der Waals surface area contributed by atoms with E-state index >= 15 is 0 Å². The molecule has 0 amide bonds. The normalized spacial score (nSPS) is 10.9. The second-order valence-electron chi connectivity index (χ2n) is 6.37. The Labute approximate surface area is 140 Å². The van der Waals surface area contributed by atoms with Gasteiger partial charge in [0, 0.05) is 17.1 Å². The van der Waals surface area contributed by atoms with Crippen LogP contribution in [-0.2, 0) is 16.1 Å². The van der Waals surface area contributed by atoms with Gasteiger partial charge in [-0.15, -0.1) is 0 Å². The fourth-order valence-corrected chi connectivity index (χ4v) is 2.23. The van der Waals surface area contributed by atoms with Gasteiger partial charge in [-0.3, -0.25) is 4.79 Å². The number of carboxylic acids is 1. The fourth-order valence-electron chi connectivity index (χ4n) is 2.23. The largest absolute Gasteiger partial charge is 0.478 e. The molecule has 0 unspecified atom stereocenters. The monoisotopic (exact) mass is 334 g/mol. The predicted molar refractivity (Wildman–Crippen MR) is 89.2 cm³/mol. The van der Waals surface area contributed by atoms with Crippen LogP contribution in [0.5, 0.6) is 0 Å². The number of nitrogens with one attached hydrogen (secondary N) is 1. The van der Waals surface area contributed by atoms with E-state index in [1.54, 1.807) is 34.6 Å². The number of ether oxygens (including phenoxy) is 1. The van der Waals surface area contributed by atoms with Gasteiger partial charge in [0.05, 0.1) is 12.1 Å². The highest BCUT2D eigenvalue weighted by molar-refractivity contribution is 5.91. The van der Waals surface area contributed by atoms with Crippen molar-refractivity contribution in [2.75, 3.05) is 6.54 Å². The number of rotatable bonds is 6. The molecule has 0 saturated heterocycles. The van der Waals surface area contributed by atoms with Crippen molar-refractivity contribution in [1.29, 1.82) is 0 Å². The van der Waals surface area contributed by atoms with Crippen molar-refractivity contribution < 1.29 is 19.4 Å². The molecule has 0 bridgehead atoms. The minimum absolute atomic E-state index is 0.0101. The van der Waals surface area contributed by atoms with Gasteiger partial charge in [-0.1, -0.05) is 5.11 Å². The van der Waals surface area contributed by atoms with Crippen molar-refractivity contribution in [1.82, 2.24) is 5.32 Å². The second-order valence-corrected chi connectivity index (χ2v) is 6.37. The van der Waals surface area contributed by atoms with E-state index in [9.17, 15) is 14.7 Å². The standard InChI is InChI=1S/C16H22N4O4/c1-9-11(7-18-8-13(21)24-16(3,4)5)6-12(15(22)23)10(2)14(9)19-20-17/h6,18H,7-8H2,1-5H3,(H,22,23). The molecule has 0 aliphatic heterocycles. The predicted octanol–water partition coefficient (Wildman–Crippen LogP) is 3.37. The molecule has 0 fully saturated rings. The first-order valence-electron chi connectivity index (χ1n) is 7.41. The van der Waals surface area contributed by atoms with Gasteiger partial charge in [0.25, 0.3) is 0 Å². The molecule has 8 heteroatoms. The van der Waals surface area contributed by atoms with Crippen molar-refractivity contribution in [3.63, 3.8) is 0 Å². The molecular weight excluding hydrogens is 312 g/mol. The summed E-state index contributed by atoms with van der Waals surface area (Å²) >= 11 is 0. The quantitative estimate of drug-likeness (QED) is 0.357. The number of aromatic carboxylic acids is 1. The van der Waals surface area contributed by atoms with Crippen LogP contribution in [0.4, 0.5) is 5.69 Å². The zero-order valence-corrected chi connectivity index (χ0v) is 14.5. The molecule has 0 spiro atoms. The van der Waals surface area contributed by atoms with Crippen LogP contribution in [0.3, 0.4) is 0 Å². The van der Waals surface area contributed by atoms with Gasteiger partial charge < -0.3 is 15.2 Å². The van der Waals surface area contributed by atoms with Crippen LogP contribution in [0.2, 0.25) is 0 Å². The Bertz CT molecular complexity index is 701. The molecule has 0 radical (unpaired) electrons. The summed E-state index contributed by atoms with van der Waals surface area (Å²) in [5.74, 6) is -1.50. The zero-order valence-electron chi connectivity index (χ0n) is 14.5. The molecule has 2 N–H and O–H groups in total. The number of hydrogen-bond acceptors (Lipinski definition) is 5. The highest BCUT2D eigenvalue weighted by atomic mass is 16.6. The Balaban J connectivity index is 2.98. The zero-order chi connectivity index (χ0) is 18.5. The SMILES string of the molecule is Cc1c(CNCC(=O)OC(C)(C)C)cc(C(=O)O)c(C)c1N=[N+]=[N-]. The molecule has 8 nitrogen and oxygen atoms in total. The Morgan fingerprint density at radius 3 is 2.46 bits per heavy atom. The van der Waals surface area contributed by atoms with Gasteiger partial charge in [-0.2, -0.15) is 0 Å². The van der Waals surface area contributed by atoms with Gasteiger partial charge >= 0.3 is 11.9 Å². The molecule has 1 aromatic rings. The van der Waals surface area contributed by atoms with E-state index in [1.807, 2.05) is 0 Å². The van der Waals surface area contributed by atoms with E-state index in [0.717, 1.165) is 0 Å². The van der Waals surface area contributed by atoms with E-state index < -0.39 is 17.5 Å². The average molecular weight is 334 g/mol. The van der Waals surface area contributed by atoms with Crippen molar-refractivity contribution in [2.45, 2.75) is 46.8 Å². The Kier molecular flexibility index (Phi) is 6.34. The number of carbonyl (C=O) groups is 2. The fraction of sp³-hybridized carbons (Fsp3) is 0.500. The Morgan fingerprint density at radius 1 is 1.33 bits per heavy atom. The van der Waals surface area contributed by atoms with Crippen molar-refractivity contribution in [2.24, 2.45) is 5.11 Å². The highest BCUT2D eigenvalue weighted by Crippen LogP contribution is 2.30. The first kappa shape index (κ1) is 19.5. The lowest BCUT2D eigenvalue weighted by Crippen LogP contribution is -2.31. The van der Waals surface area contributed by atoms with E-state index in [2.05, 4.69) is 15.3 Å². The molecule has 1 aromatic carbocycles. The van der Waals surface area contributed by atoms with E-state index in [-0.39, 0.29) is 18.7 Å². The number of azide groups is 1. The number of hydrogen-bond donors (Lipinski definition) is 2. The Hall–Kier alpha value is -2.57. The van der Waals surface area contributed by atoms with Crippen molar-refractivity contribution in [3.05, 3.63) is 38.8 Å². The molecular formula is C16H22N4O4. The first-order chi connectivity index (χ1) is 11.1. The summed E-state index contributed by atoms with van der Waals surface area (Å²) < 4.78 is 5.19. The number of carboxylic acid groups (broad SMARTS) is 1. The maximum atomic E-state index is 11.7. The lowest BCUT2D eigenvalue weighted by molar-refractivity contribution is -0.153. The molecule has 0 saturated carbocycles. The summed E-state index contributed by atoms with van der Waals surface area (Å²) in [7, 11) is 0. The number of nitrogens with zero attached hydrogens (tertiary/aromatic N) is 3. The van der Waals surface area contributed by atoms with Gasteiger partial charge in [0.1, 0.15) is 5.60 Å². The number of benzene rings is 1. The topological polar surface area (TPSA) is 124 Å². The van der Waals surface area contributed by atoms with Gasteiger partial charge in [-0.05, 0) is 62.9 Å². The maximum absolute atomic E-state index is 11.7. The van der Waals surface area contributed by atoms with Crippen LogP contribution in [0.1, 0.15) is 47.8 Å². The first-order valence-corrected chi connectivity index (χ1v) is 7.41. The molecule has 130 valence electrons. The van der Waals surface area contributed by atoms with E-state index in [1.165, 1.54) is 6.07 Å². The third-order valence-electron chi connectivity index (χ3n) is 3.29. The highest BCUT2D eigenvalue weighted by Gasteiger charge is 2.18. The van der Waals surface area contributed by atoms with Gasteiger partial charge in [0.2, 0.25) is 0 Å². The van der Waals surface area contributed by atoms with E-state index in [0.29, 0.717) is 22.4 Å². The summed E-state index contributed by atoms with van der Waals surface area (Å²) in [5.41, 5.74) is 10.2. The molecule has 0 aromatic heterocycles. The minimum Gasteiger partial charge on any atom is -0.478 e. The van der Waals surface area contributed by atoms with Crippen LogP contribution in [-0.4, -0.2) is 29.2 Å². The molecule has 0 atom stereocenters. The second kappa shape index (κ2) is 7.81. The van der Waals surface area contributed by atoms with Crippen LogP contribution >= 0.6 is 0 Å². The van der Waals surface area contributed by atoms with Crippen LogP contribution in [0, 0.1) is 13.8 Å². The third kappa shape index (κ3) is 5.26. The summed E-state index contributed by atoms with van der Waals surface area (Å²) in [5, 5.41) is 15.8. The van der Waals surface area contributed by atoms with Gasteiger partial charge in [0.15, 0.2) is 0 Å². The third-order valence-corrected chi connectivity index (χ3v) is 3.29. The molecule has 0 heterocycles. The smallest absolute Gasteiger partial charge is 0.335 e. The summed E-state index contributed by atoms with van der Waals surface area (Å²) in [6.07, 6.45) is 0. The van der Waals surface area contributed by atoms with Crippen LogP contribution < -0.4 is 5.32 Å². The molecule has 24 heavy (non-hydrogen) atoms. The maximum Gasteiger partial charge on any atom is 0.335 e. The van der Waals surface area contributed by atoms with Gasteiger partial charge in [-0.25, -0.2) is 4.79 Å². The summed E-state index contributed by atoms with van der Waals surface area (Å²) in [6.45, 7) is 8.91. The van der Waals surface area contributed by atoms with Crippen molar-refractivity contribution in [3.8, 4) is 0 Å². The minimum atomic E-state index is -1.10. The molecule has 1 rings (SSSR count). The van der Waals surface area contributed by atoms with Crippen molar-refractivity contribution >= 4 is 17.6 Å². The molecule has 0 aliphatic rings. The van der Waals surface area contributed by atoms with E-state index in [4.69, 9.17) is 10.3 Å². The lowest BCUT2D eigenvalue weighted by Gasteiger charge is -2.20.